The summed E-state index contributed by atoms with van der Waals surface area (Å²) in [6, 6.07) is 15.6. The molecule has 2 rings (SSSR count). The molecule has 0 saturated carbocycles. The second kappa shape index (κ2) is 8.06. The van der Waals surface area contributed by atoms with Crippen molar-refractivity contribution in [2.75, 3.05) is 0 Å². The fourth-order valence-corrected chi connectivity index (χ4v) is 5.31. The Kier molecular flexibility index (Phi) is 6.09. The number of aromatic hydroxyl groups is 2. The summed E-state index contributed by atoms with van der Waals surface area (Å²) in [4.78, 5) is 0. The van der Waals surface area contributed by atoms with Crippen molar-refractivity contribution in [3.05, 3.63) is 53.6 Å². The van der Waals surface area contributed by atoms with Gasteiger partial charge in [0.1, 0.15) is 17.2 Å². The van der Waals surface area contributed by atoms with E-state index in [-0.39, 0.29) is 11.5 Å². The third kappa shape index (κ3) is 4.65. The standard InChI is InChI=1S/C20H26O3Si/c1-4-24(5-2,6-3)23-20-14-17(13-19(22)15-20)8-7-16-9-11-18(21)12-10-16/h7-15,21-22H,4-6H2,1-3H3/b8-7+. The van der Waals surface area contributed by atoms with Crippen molar-refractivity contribution in [3.63, 3.8) is 0 Å². The van der Waals surface area contributed by atoms with Crippen LogP contribution in [0.15, 0.2) is 42.5 Å². The predicted molar refractivity (Wildman–Crippen MR) is 103 cm³/mol. The Hall–Kier alpha value is -2.20. The Morgan fingerprint density at radius 1 is 0.792 bits per heavy atom. The van der Waals surface area contributed by atoms with Crippen molar-refractivity contribution in [2.24, 2.45) is 0 Å². The van der Waals surface area contributed by atoms with Gasteiger partial charge < -0.3 is 14.6 Å². The van der Waals surface area contributed by atoms with Crippen molar-refractivity contribution >= 4 is 20.5 Å². The molecule has 2 aromatic carbocycles. The zero-order chi connectivity index (χ0) is 17.6. The molecule has 0 unspecified atom stereocenters. The summed E-state index contributed by atoms with van der Waals surface area (Å²) in [6.45, 7) is 6.56. The Labute approximate surface area is 145 Å². The van der Waals surface area contributed by atoms with E-state index in [2.05, 4.69) is 20.8 Å². The van der Waals surface area contributed by atoms with E-state index < -0.39 is 8.32 Å². The first kappa shape index (κ1) is 18.1. The maximum atomic E-state index is 10.0. The van der Waals surface area contributed by atoms with E-state index in [9.17, 15) is 10.2 Å². The second-order valence-corrected chi connectivity index (χ2v) is 10.7. The van der Waals surface area contributed by atoms with Crippen LogP contribution in [0.4, 0.5) is 0 Å². The van der Waals surface area contributed by atoms with Gasteiger partial charge in [-0.1, -0.05) is 45.1 Å². The minimum absolute atomic E-state index is 0.212. The Balaban J connectivity index is 2.23. The molecule has 24 heavy (non-hydrogen) atoms. The minimum Gasteiger partial charge on any atom is -0.543 e. The lowest BCUT2D eigenvalue weighted by atomic mass is 10.1. The number of rotatable bonds is 7. The van der Waals surface area contributed by atoms with Gasteiger partial charge in [-0.3, -0.25) is 0 Å². The molecule has 128 valence electrons. The van der Waals surface area contributed by atoms with Crippen LogP contribution in [0.3, 0.4) is 0 Å². The van der Waals surface area contributed by atoms with E-state index in [1.54, 1.807) is 24.3 Å². The van der Waals surface area contributed by atoms with Crippen LogP contribution in [0.25, 0.3) is 12.2 Å². The van der Waals surface area contributed by atoms with Gasteiger partial charge in [0.2, 0.25) is 8.32 Å². The average molecular weight is 343 g/mol. The molecule has 3 nitrogen and oxygen atoms in total. The maximum absolute atomic E-state index is 10.0. The molecule has 4 heteroatoms. The largest absolute Gasteiger partial charge is 0.543 e. The van der Waals surface area contributed by atoms with Crippen LogP contribution in [0, 0.1) is 0 Å². The van der Waals surface area contributed by atoms with Gasteiger partial charge in [0, 0.05) is 6.07 Å². The van der Waals surface area contributed by atoms with Crippen LogP contribution < -0.4 is 4.43 Å². The first-order valence-corrected chi connectivity index (χ1v) is 11.0. The minimum atomic E-state index is -1.76. The molecule has 0 aromatic heterocycles. The van der Waals surface area contributed by atoms with Gasteiger partial charge in [0.15, 0.2) is 0 Å². The molecule has 0 aliphatic heterocycles. The van der Waals surface area contributed by atoms with Crippen molar-refractivity contribution < 1.29 is 14.6 Å². The second-order valence-electron chi connectivity index (χ2n) is 6.03. The highest BCUT2D eigenvalue weighted by molar-refractivity contribution is 6.74. The van der Waals surface area contributed by atoms with Crippen LogP contribution in [0.2, 0.25) is 18.1 Å². The number of hydrogen-bond donors (Lipinski definition) is 2. The summed E-state index contributed by atoms with van der Waals surface area (Å²) >= 11 is 0. The molecular formula is C20H26O3Si. The van der Waals surface area contributed by atoms with E-state index in [1.807, 2.05) is 30.4 Å². The molecule has 0 saturated heterocycles. The van der Waals surface area contributed by atoms with Crippen molar-refractivity contribution in [1.82, 2.24) is 0 Å². The van der Waals surface area contributed by atoms with E-state index >= 15 is 0 Å². The lowest BCUT2D eigenvalue weighted by molar-refractivity contribution is 0.467. The molecule has 0 aliphatic rings. The van der Waals surface area contributed by atoms with E-state index in [4.69, 9.17) is 4.43 Å². The maximum Gasteiger partial charge on any atom is 0.250 e. The molecule has 0 bridgehead atoms. The zero-order valence-electron chi connectivity index (χ0n) is 14.6. The summed E-state index contributed by atoms with van der Waals surface area (Å²) in [5.74, 6) is 1.21. The smallest absolute Gasteiger partial charge is 0.250 e. The first-order chi connectivity index (χ1) is 11.5. The van der Waals surface area contributed by atoms with Crippen LogP contribution in [-0.2, 0) is 0 Å². The highest BCUT2D eigenvalue weighted by Gasteiger charge is 2.30. The highest BCUT2D eigenvalue weighted by atomic mass is 28.4. The molecule has 0 fully saturated rings. The molecule has 2 aromatic rings. The zero-order valence-corrected chi connectivity index (χ0v) is 15.6. The normalized spacial score (nSPS) is 11.8. The Morgan fingerprint density at radius 3 is 1.96 bits per heavy atom. The van der Waals surface area contributed by atoms with Crippen LogP contribution >= 0.6 is 0 Å². The monoisotopic (exact) mass is 342 g/mol. The topological polar surface area (TPSA) is 49.7 Å². The first-order valence-electron chi connectivity index (χ1n) is 8.50. The third-order valence-corrected chi connectivity index (χ3v) is 9.08. The van der Waals surface area contributed by atoms with Crippen LogP contribution in [0.1, 0.15) is 31.9 Å². The SMILES string of the molecule is CC[Si](CC)(CC)Oc1cc(O)cc(/C=C/c2ccc(O)cc2)c1. The van der Waals surface area contributed by atoms with Gasteiger partial charge in [0.05, 0.1) is 0 Å². The van der Waals surface area contributed by atoms with Gasteiger partial charge in [-0.15, -0.1) is 0 Å². The fourth-order valence-electron chi connectivity index (χ4n) is 2.76. The van der Waals surface area contributed by atoms with Crippen LogP contribution in [-0.4, -0.2) is 18.5 Å². The van der Waals surface area contributed by atoms with Gasteiger partial charge in [-0.25, -0.2) is 0 Å². The predicted octanol–water partition coefficient (Wildman–Crippen LogP) is 5.65. The Bertz CT molecular complexity index is 680. The molecule has 2 N–H and O–H groups in total. The summed E-state index contributed by atoms with van der Waals surface area (Å²) in [5.41, 5.74) is 1.88. The molecule has 0 spiro atoms. The van der Waals surface area contributed by atoms with E-state index in [1.165, 1.54) is 0 Å². The molecule has 0 radical (unpaired) electrons. The van der Waals surface area contributed by atoms with Crippen molar-refractivity contribution in [2.45, 2.75) is 38.9 Å². The van der Waals surface area contributed by atoms with E-state index in [0.717, 1.165) is 35.0 Å². The van der Waals surface area contributed by atoms with Gasteiger partial charge in [0.25, 0.3) is 0 Å². The molecular weight excluding hydrogens is 316 g/mol. The van der Waals surface area contributed by atoms with Crippen molar-refractivity contribution in [1.29, 1.82) is 0 Å². The van der Waals surface area contributed by atoms with Gasteiger partial charge in [-0.05, 0) is 53.5 Å². The molecule has 0 aliphatic carbocycles. The summed E-state index contributed by atoms with van der Waals surface area (Å²) in [7, 11) is -1.76. The van der Waals surface area contributed by atoms with Crippen LogP contribution in [0.5, 0.6) is 17.2 Å². The molecule has 0 heterocycles. The number of phenolic OH excluding ortho intramolecular Hbond substituents is 2. The lowest BCUT2D eigenvalue weighted by Crippen LogP contribution is -2.39. The quantitative estimate of drug-likeness (QED) is 0.505. The summed E-state index contributed by atoms with van der Waals surface area (Å²) < 4.78 is 6.35. The van der Waals surface area contributed by atoms with Gasteiger partial charge >= 0.3 is 0 Å². The summed E-state index contributed by atoms with van der Waals surface area (Å²) in [6.07, 6.45) is 3.88. The third-order valence-electron chi connectivity index (χ3n) is 4.54. The van der Waals surface area contributed by atoms with Gasteiger partial charge in [-0.2, -0.15) is 0 Å². The van der Waals surface area contributed by atoms with E-state index in [0.29, 0.717) is 0 Å². The summed E-state index contributed by atoms with van der Waals surface area (Å²) in [5, 5.41) is 19.3. The van der Waals surface area contributed by atoms with Crippen molar-refractivity contribution in [3.8, 4) is 17.2 Å². The highest BCUT2D eigenvalue weighted by Crippen LogP contribution is 2.29. The number of benzene rings is 2. The number of phenols is 2. The average Bonchev–Trinajstić information content (AvgIpc) is 2.59. The molecule has 0 atom stereocenters. The Morgan fingerprint density at radius 2 is 1.38 bits per heavy atom. The lowest BCUT2D eigenvalue weighted by Gasteiger charge is -2.29. The molecule has 0 amide bonds. The fraction of sp³-hybridized carbons (Fsp3) is 0.300. The number of hydrogen-bond acceptors (Lipinski definition) is 3.